The van der Waals surface area contributed by atoms with Crippen LogP contribution in [0, 0.1) is 0 Å². The van der Waals surface area contributed by atoms with Crippen LogP contribution in [0.2, 0.25) is 10.0 Å². The number of halogens is 2. The monoisotopic (exact) mass is 638 g/mol. The third kappa shape index (κ3) is 8.14. The SMILES string of the molecule is CCC(=O)Oc1c(Nc2nc(N(CC)CC)ncc2NCS(=O)(=O)c2ccc(Cl)c(Cl)c2)cccc1OC(=O)N(C)C. The first-order valence-electron chi connectivity index (χ1n) is 12.9. The summed E-state index contributed by atoms with van der Waals surface area (Å²) in [5, 5.41) is 6.30. The van der Waals surface area contributed by atoms with E-state index in [1.165, 1.54) is 49.5 Å². The summed E-state index contributed by atoms with van der Waals surface area (Å²) < 4.78 is 37.1. The molecule has 42 heavy (non-hydrogen) atoms. The highest BCUT2D eigenvalue weighted by Gasteiger charge is 2.22. The minimum absolute atomic E-state index is 0.00442. The van der Waals surface area contributed by atoms with E-state index in [0.29, 0.717) is 19.0 Å². The summed E-state index contributed by atoms with van der Waals surface area (Å²) >= 11 is 12.0. The van der Waals surface area contributed by atoms with Crippen LogP contribution < -0.4 is 25.0 Å². The number of esters is 1. The van der Waals surface area contributed by atoms with Crippen molar-refractivity contribution in [2.24, 2.45) is 0 Å². The molecule has 0 aliphatic carbocycles. The molecule has 0 aliphatic heterocycles. The zero-order valence-corrected chi connectivity index (χ0v) is 26.1. The van der Waals surface area contributed by atoms with Crippen molar-refractivity contribution in [2.45, 2.75) is 32.1 Å². The summed E-state index contributed by atoms with van der Waals surface area (Å²) in [5.74, 6) is -0.578. The van der Waals surface area contributed by atoms with Crippen molar-refractivity contribution in [2.75, 3.05) is 48.6 Å². The number of carbonyl (C=O) groups is 2. The quantitative estimate of drug-likeness (QED) is 0.189. The second-order valence-electron chi connectivity index (χ2n) is 8.96. The average molecular weight is 640 g/mol. The first-order valence-corrected chi connectivity index (χ1v) is 15.3. The van der Waals surface area contributed by atoms with Gasteiger partial charge in [-0.2, -0.15) is 4.98 Å². The van der Waals surface area contributed by atoms with E-state index in [1.54, 1.807) is 19.1 Å². The molecule has 0 saturated heterocycles. The number of nitrogens with one attached hydrogen (secondary N) is 2. The van der Waals surface area contributed by atoms with Gasteiger partial charge in [-0.3, -0.25) is 4.79 Å². The molecular formula is C27H32Cl2N6O6S. The fourth-order valence-corrected chi connectivity index (χ4v) is 4.93. The van der Waals surface area contributed by atoms with Crippen LogP contribution in [0.1, 0.15) is 27.2 Å². The van der Waals surface area contributed by atoms with Crippen LogP contribution in [0.25, 0.3) is 0 Å². The predicted octanol–water partition coefficient (Wildman–Crippen LogP) is 5.59. The summed E-state index contributed by atoms with van der Waals surface area (Å²) in [4.78, 5) is 36.7. The lowest BCUT2D eigenvalue weighted by molar-refractivity contribution is -0.134. The lowest BCUT2D eigenvalue weighted by Crippen LogP contribution is -2.26. The summed E-state index contributed by atoms with van der Waals surface area (Å²) in [5.41, 5.74) is 0.471. The molecule has 2 aromatic carbocycles. The van der Waals surface area contributed by atoms with Crippen molar-refractivity contribution < 1.29 is 27.5 Å². The fraction of sp³-hybridized carbons (Fsp3) is 0.333. The number of carbonyl (C=O) groups excluding carboxylic acids is 2. The minimum Gasteiger partial charge on any atom is -0.420 e. The number of rotatable bonds is 12. The Bertz CT molecular complexity index is 1550. The van der Waals surface area contributed by atoms with Crippen molar-refractivity contribution in [3.63, 3.8) is 0 Å². The molecule has 0 bridgehead atoms. The maximum Gasteiger partial charge on any atom is 0.414 e. The Morgan fingerprint density at radius 2 is 1.69 bits per heavy atom. The highest BCUT2D eigenvalue weighted by molar-refractivity contribution is 7.91. The number of hydrogen-bond acceptors (Lipinski definition) is 11. The molecule has 12 nitrogen and oxygen atoms in total. The van der Waals surface area contributed by atoms with Crippen LogP contribution in [0.3, 0.4) is 0 Å². The second kappa shape index (κ2) is 14.4. The van der Waals surface area contributed by atoms with E-state index in [0.717, 1.165) is 0 Å². The van der Waals surface area contributed by atoms with Gasteiger partial charge in [-0.25, -0.2) is 18.2 Å². The van der Waals surface area contributed by atoms with Gasteiger partial charge in [-0.1, -0.05) is 36.2 Å². The van der Waals surface area contributed by atoms with E-state index in [4.69, 9.17) is 32.7 Å². The maximum atomic E-state index is 13.1. The van der Waals surface area contributed by atoms with Gasteiger partial charge >= 0.3 is 12.1 Å². The van der Waals surface area contributed by atoms with E-state index < -0.39 is 27.8 Å². The van der Waals surface area contributed by atoms with Gasteiger partial charge < -0.3 is 29.9 Å². The minimum atomic E-state index is -3.86. The van der Waals surface area contributed by atoms with Crippen molar-refractivity contribution in [3.8, 4) is 11.5 Å². The molecule has 0 atom stereocenters. The van der Waals surface area contributed by atoms with Crippen molar-refractivity contribution >= 4 is 68.2 Å². The summed E-state index contributed by atoms with van der Waals surface area (Å²) in [7, 11) is -0.827. The topological polar surface area (TPSA) is 143 Å². The highest BCUT2D eigenvalue weighted by Crippen LogP contribution is 2.39. The third-order valence-electron chi connectivity index (χ3n) is 5.82. The molecule has 0 unspecified atom stereocenters. The molecule has 0 aliphatic rings. The molecule has 0 saturated carbocycles. The number of hydrogen-bond donors (Lipinski definition) is 2. The number of para-hydroxylation sites is 1. The van der Waals surface area contributed by atoms with Crippen LogP contribution in [0.15, 0.2) is 47.5 Å². The van der Waals surface area contributed by atoms with Gasteiger partial charge in [0.15, 0.2) is 27.2 Å². The molecule has 1 heterocycles. The molecule has 0 spiro atoms. The van der Waals surface area contributed by atoms with E-state index in [-0.39, 0.29) is 50.1 Å². The Balaban J connectivity index is 2.05. The van der Waals surface area contributed by atoms with E-state index >= 15 is 0 Å². The van der Waals surface area contributed by atoms with E-state index in [9.17, 15) is 18.0 Å². The molecule has 226 valence electrons. The maximum absolute atomic E-state index is 13.1. The molecule has 2 N–H and O–H groups in total. The van der Waals surface area contributed by atoms with Gasteiger partial charge in [0.05, 0.1) is 32.5 Å². The van der Waals surface area contributed by atoms with Gasteiger partial charge in [0.1, 0.15) is 5.88 Å². The molecule has 15 heteroatoms. The number of nitrogens with zero attached hydrogens (tertiary/aromatic N) is 4. The number of benzene rings is 2. The zero-order valence-electron chi connectivity index (χ0n) is 23.8. The molecule has 0 fully saturated rings. The summed E-state index contributed by atoms with van der Waals surface area (Å²) in [6.45, 7) is 6.75. The van der Waals surface area contributed by atoms with Gasteiger partial charge in [0.2, 0.25) is 5.95 Å². The Hall–Kier alpha value is -3.81. The Kier molecular flexibility index (Phi) is 11.2. The van der Waals surface area contributed by atoms with Crippen LogP contribution in [-0.4, -0.2) is 68.4 Å². The number of ether oxygens (including phenoxy) is 2. The largest absolute Gasteiger partial charge is 0.420 e. The van der Waals surface area contributed by atoms with Crippen molar-refractivity contribution in [1.29, 1.82) is 0 Å². The highest BCUT2D eigenvalue weighted by atomic mass is 35.5. The molecule has 0 radical (unpaired) electrons. The fourth-order valence-electron chi connectivity index (χ4n) is 3.48. The number of anilines is 4. The van der Waals surface area contributed by atoms with E-state index in [2.05, 4.69) is 20.6 Å². The lowest BCUT2D eigenvalue weighted by atomic mass is 10.2. The smallest absolute Gasteiger partial charge is 0.414 e. The Labute approximate surface area is 254 Å². The molecule has 1 aromatic heterocycles. The number of aromatic nitrogens is 2. The standard InChI is InChI=1S/C27H32Cl2N6O6S/c1-6-23(36)41-24-20(10-9-11-22(24)40-27(37)34(4)5)32-25-21(15-30-26(33-25)35(7-2)8-3)31-16-42(38,39)17-12-13-18(28)19(29)14-17/h9-15,31H,6-8,16H2,1-5H3,(H,30,32,33). The second-order valence-corrected chi connectivity index (χ2v) is 11.8. The van der Waals surface area contributed by atoms with E-state index in [1.807, 2.05) is 18.7 Å². The van der Waals surface area contributed by atoms with Crippen LogP contribution >= 0.6 is 23.2 Å². The van der Waals surface area contributed by atoms with Gasteiger partial charge in [-0.05, 0) is 44.2 Å². The first-order chi connectivity index (χ1) is 19.9. The molecule has 3 aromatic rings. The van der Waals surface area contributed by atoms with Crippen LogP contribution in [-0.2, 0) is 14.6 Å². The Morgan fingerprint density at radius 3 is 2.31 bits per heavy atom. The average Bonchev–Trinajstić information content (AvgIpc) is 2.96. The van der Waals surface area contributed by atoms with Crippen LogP contribution in [0.5, 0.6) is 11.5 Å². The van der Waals surface area contributed by atoms with Gasteiger partial charge in [0.25, 0.3) is 0 Å². The third-order valence-corrected chi connectivity index (χ3v) is 8.06. The number of sulfone groups is 1. The molecule has 3 rings (SSSR count). The predicted molar refractivity (Wildman–Crippen MR) is 163 cm³/mol. The zero-order chi connectivity index (χ0) is 31.0. The normalized spacial score (nSPS) is 11.0. The van der Waals surface area contributed by atoms with Crippen molar-refractivity contribution in [1.82, 2.24) is 14.9 Å². The Morgan fingerprint density at radius 1 is 0.976 bits per heavy atom. The van der Waals surface area contributed by atoms with Crippen molar-refractivity contribution in [3.05, 3.63) is 52.6 Å². The summed E-state index contributed by atoms with van der Waals surface area (Å²) in [6.07, 6.45) is 0.830. The lowest BCUT2D eigenvalue weighted by Gasteiger charge is -2.22. The summed E-state index contributed by atoms with van der Waals surface area (Å²) in [6, 6.07) is 8.71. The van der Waals surface area contributed by atoms with Gasteiger partial charge in [0, 0.05) is 33.6 Å². The molecular weight excluding hydrogens is 607 g/mol. The molecule has 1 amide bonds. The van der Waals surface area contributed by atoms with Gasteiger partial charge in [-0.15, -0.1) is 0 Å². The first kappa shape index (κ1) is 32.7. The number of amides is 1. The van der Waals surface area contributed by atoms with Crippen LogP contribution in [0.4, 0.5) is 27.9 Å².